The van der Waals surface area contributed by atoms with E-state index in [0.29, 0.717) is 23.1 Å². The van der Waals surface area contributed by atoms with Crippen molar-refractivity contribution >= 4 is 0 Å². The molecule has 6 heteroatoms. The van der Waals surface area contributed by atoms with E-state index in [1.165, 1.54) is 26.8 Å². The van der Waals surface area contributed by atoms with Gasteiger partial charge in [0.2, 0.25) is 5.41 Å². The topological polar surface area (TPSA) is 0 Å². The van der Waals surface area contributed by atoms with Gasteiger partial charge in [0.15, 0.2) is 0 Å². The number of rotatable bonds is 4. The van der Waals surface area contributed by atoms with Crippen LogP contribution < -0.4 is 0 Å². The molecule has 0 saturated heterocycles. The predicted octanol–water partition coefficient (Wildman–Crippen LogP) is 6.97. The quantitative estimate of drug-likeness (QED) is 0.400. The smallest absolute Gasteiger partial charge is 0.169 e. The molecule has 0 nitrogen and oxygen atoms in total. The van der Waals surface area contributed by atoms with Crippen LogP contribution in [0.25, 0.3) is 0 Å². The van der Waals surface area contributed by atoms with Crippen molar-refractivity contribution in [3.05, 3.63) is 58.2 Å². The molecular formula is C19H22F6. The maximum absolute atomic E-state index is 14.0. The summed E-state index contributed by atoms with van der Waals surface area (Å²) in [5.74, 6) is 0. The molecule has 0 heterocycles. The molecule has 0 saturated carbocycles. The Kier molecular flexibility index (Phi) is 6.19. The van der Waals surface area contributed by atoms with Crippen LogP contribution in [0.4, 0.5) is 26.3 Å². The molecule has 1 rings (SSSR count). The molecule has 0 radical (unpaired) electrons. The Morgan fingerprint density at radius 3 is 1.84 bits per heavy atom. The van der Waals surface area contributed by atoms with Crippen LogP contribution in [0.1, 0.15) is 43.9 Å². The monoisotopic (exact) mass is 364 g/mol. The van der Waals surface area contributed by atoms with Crippen molar-refractivity contribution in [3.8, 4) is 0 Å². The molecule has 0 N–H and O–H groups in total. The number of benzene rings is 1. The van der Waals surface area contributed by atoms with E-state index >= 15 is 0 Å². The third kappa shape index (κ3) is 3.77. The zero-order valence-corrected chi connectivity index (χ0v) is 14.9. The minimum atomic E-state index is -5.54. The van der Waals surface area contributed by atoms with Gasteiger partial charge in [-0.05, 0) is 56.4 Å². The maximum atomic E-state index is 14.0. The first-order chi connectivity index (χ1) is 11.3. The molecule has 25 heavy (non-hydrogen) atoms. The van der Waals surface area contributed by atoms with Gasteiger partial charge >= 0.3 is 12.4 Å². The molecule has 0 aliphatic rings. The van der Waals surface area contributed by atoms with Gasteiger partial charge in [-0.1, -0.05) is 42.8 Å². The van der Waals surface area contributed by atoms with Gasteiger partial charge in [-0.2, -0.15) is 26.3 Å². The summed E-state index contributed by atoms with van der Waals surface area (Å²) in [6, 6.07) is 3.19. The van der Waals surface area contributed by atoms with Gasteiger partial charge in [0, 0.05) is 0 Å². The van der Waals surface area contributed by atoms with Crippen molar-refractivity contribution in [2.45, 2.75) is 58.8 Å². The molecular weight excluding hydrogens is 342 g/mol. The van der Waals surface area contributed by atoms with Crippen LogP contribution in [0.5, 0.6) is 0 Å². The van der Waals surface area contributed by atoms with Crippen molar-refractivity contribution in [1.29, 1.82) is 0 Å². The predicted molar refractivity (Wildman–Crippen MR) is 87.5 cm³/mol. The van der Waals surface area contributed by atoms with E-state index in [0.717, 1.165) is 24.3 Å². The van der Waals surface area contributed by atoms with Gasteiger partial charge in [0.25, 0.3) is 0 Å². The van der Waals surface area contributed by atoms with Gasteiger partial charge in [0.1, 0.15) is 0 Å². The second-order valence-electron chi connectivity index (χ2n) is 6.13. The summed E-state index contributed by atoms with van der Waals surface area (Å²) in [5.41, 5.74) is -4.25. The normalized spacial score (nSPS) is 14.8. The summed E-state index contributed by atoms with van der Waals surface area (Å²) in [7, 11) is 0. The molecule has 0 bridgehead atoms. The van der Waals surface area contributed by atoms with Gasteiger partial charge in [-0.15, -0.1) is 0 Å². The average Bonchev–Trinajstić information content (AvgIpc) is 2.47. The van der Waals surface area contributed by atoms with Crippen molar-refractivity contribution < 1.29 is 26.3 Å². The standard InChI is InChI=1S/C19H22F6/c1-6-12(3)10-15(7-2)17(18(20,21)22,19(23,24)25)16-9-8-13(4)14(5)11-16/h7-11H,6H2,1-5H3/b12-10-,15-7+. The van der Waals surface area contributed by atoms with E-state index in [1.54, 1.807) is 13.8 Å². The van der Waals surface area contributed by atoms with Crippen molar-refractivity contribution in [1.82, 2.24) is 0 Å². The van der Waals surface area contributed by atoms with Crippen LogP contribution >= 0.6 is 0 Å². The van der Waals surface area contributed by atoms with Crippen molar-refractivity contribution in [3.63, 3.8) is 0 Å². The molecule has 0 atom stereocenters. The number of alkyl halides is 6. The van der Waals surface area contributed by atoms with Crippen LogP contribution in [0, 0.1) is 13.8 Å². The van der Waals surface area contributed by atoms with E-state index in [2.05, 4.69) is 0 Å². The molecule has 0 aromatic heterocycles. The maximum Gasteiger partial charge on any atom is 0.411 e. The SMILES string of the molecule is C/C=C(\C=C(\C)CC)C(c1ccc(C)c(C)c1)(C(F)(F)F)C(F)(F)F. The minimum absolute atomic E-state index is 0.357. The lowest BCUT2D eigenvalue weighted by Crippen LogP contribution is -2.55. The van der Waals surface area contributed by atoms with Crippen LogP contribution in [0.3, 0.4) is 0 Å². The van der Waals surface area contributed by atoms with Crippen LogP contribution in [-0.2, 0) is 5.41 Å². The van der Waals surface area contributed by atoms with E-state index in [1.807, 2.05) is 0 Å². The highest BCUT2D eigenvalue weighted by Crippen LogP contribution is 2.57. The second-order valence-corrected chi connectivity index (χ2v) is 6.13. The Hall–Kier alpha value is -1.72. The number of hydrogen-bond donors (Lipinski definition) is 0. The van der Waals surface area contributed by atoms with Crippen LogP contribution in [-0.4, -0.2) is 12.4 Å². The third-order valence-electron chi connectivity index (χ3n) is 4.49. The Morgan fingerprint density at radius 1 is 0.960 bits per heavy atom. The summed E-state index contributed by atoms with van der Waals surface area (Å²) in [4.78, 5) is 0. The van der Waals surface area contributed by atoms with Gasteiger partial charge in [0.05, 0.1) is 0 Å². The highest BCUT2D eigenvalue weighted by atomic mass is 19.4. The van der Waals surface area contributed by atoms with Crippen molar-refractivity contribution in [2.75, 3.05) is 0 Å². The van der Waals surface area contributed by atoms with Crippen LogP contribution in [0.2, 0.25) is 0 Å². The fraction of sp³-hybridized carbons (Fsp3) is 0.474. The zero-order valence-electron chi connectivity index (χ0n) is 14.9. The van der Waals surface area contributed by atoms with E-state index in [4.69, 9.17) is 0 Å². The van der Waals surface area contributed by atoms with E-state index < -0.39 is 28.9 Å². The fourth-order valence-corrected chi connectivity index (χ4v) is 2.73. The molecule has 0 fully saturated rings. The second kappa shape index (κ2) is 7.26. The molecule has 0 aliphatic heterocycles. The first kappa shape index (κ1) is 21.3. The largest absolute Gasteiger partial charge is 0.411 e. The van der Waals surface area contributed by atoms with Crippen LogP contribution in [0.15, 0.2) is 41.5 Å². The Morgan fingerprint density at radius 2 is 1.48 bits per heavy atom. The minimum Gasteiger partial charge on any atom is -0.169 e. The van der Waals surface area contributed by atoms with Crippen molar-refractivity contribution in [2.24, 2.45) is 0 Å². The Bertz CT molecular complexity index is 660. The fourth-order valence-electron chi connectivity index (χ4n) is 2.73. The lowest BCUT2D eigenvalue weighted by molar-refractivity contribution is -0.289. The first-order valence-electron chi connectivity index (χ1n) is 7.88. The molecule has 1 aromatic carbocycles. The number of halogens is 6. The summed E-state index contributed by atoms with van der Waals surface area (Å²) in [6.07, 6.45) is -8.83. The zero-order chi connectivity index (χ0) is 19.6. The first-order valence-corrected chi connectivity index (χ1v) is 7.88. The molecule has 0 unspecified atom stereocenters. The molecule has 0 amide bonds. The lowest BCUT2D eigenvalue weighted by atomic mass is 9.71. The average molecular weight is 364 g/mol. The number of allylic oxidation sites excluding steroid dienone is 4. The highest BCUT2D eigenvalue weighted by molar-refractivity contribution is 5.49. The third-order valence-corrected chi connectivity index (χ3v) is 4.49. The molecule has 0 spiro atoms. The Balaban J connectivity index is 3.98. The van der Waals surface area contributed by atoms with Gasteiger partial charge < -0.3 is 0 Å². The van der Waals surface area contributed by atoms with Gasteiger partial charge in [-0.3, -0.25) is 0 Å². The number of aryl methyl sites for hydroxylation is 2. The lowest BCUT2D eigenvalue weighted by Gasteiger charge is -2.39. The summed E-state index contributed by atoms with van der Waals surface area (Å²) in [6.45, 7) is 7.53. The molecule has 140 valence electrons. The van der Waals surface area contributed by atoms with Gasteiger partial charge in [-0.25, -0.2) is 0 Å². The van der Waals surface area contributed by atoms with E-state index in [-0.39, 0.29) is 0 Å². The number of hydrogen-bond acceptors (Lipinski definition) is 0. The highest BCUT2D eigenvalue weighted by Gasteiger charge is 2.72. The summed E-state index contributed by atoms with van der Waals surface area (Å²) < 4.78 is 83.9. The Labute approximate surface area is 144 Å². The molecule has 1 aromatic rings. The summed E-state index contributed by atoms with van der Waals surface area (Å²) in [5, 5.41) is 0. The van der Waals surface area contributed by atoms with E-state index in [9.17, 15) is 26.3 Å². The summed E-state index contributed by atoms with van der Waals surface area (Å²) >= 11 is 0. The molecule has 0 aliphatic carbocycles.